The summed E-state index contributed by atoms with van der Waals surface area (Å²) in [7, 11) is 1.97. The highest BCUT2D eigenvalue weighted by atomic mass is 32.2. The third-order valence-corrected chi connectivity index (χ3v) is 6.16. The number of nitrogens with zero attached hydrogens (tertiary/aromatic N) is 4. The van der Waals surface area contributed by atoms with E-state index in [2.05, 4.69) is 20.5 Å². The summed E-state index contributed by atoms with van der Waals surface area (Å²) in [6.07, 6.45) is 2.36. The van der Waals surface area contributed by atoms with Crippen LogP contribution in [-0.4, -0.2) is 30.9 Å². The Balaban J connectivity index is 1.39. The Labute approximate surface area is 160 Å². The summed E-state index contributed by atoms with van der Waals surface area (Å²) in [4.78, 5) is 17.0. The van der Waals surface area contributed by atoms with Gasteiger partial charge in [0.25, 0.3) is 0 Å². The molecule has 1 fully saturated rings. The molecule has 1 saturated carbocycles. The molecule has 0 spiro atoms. The minimum atomic E-state index is -0.283. The van der Waals surface area contributed by atoms with Crippen molar-refractivity contribution in [3.05, 3.63) is 41.5 Å². The van der Waals surface area contributed by atoms with Gasteiger partial charge in [-0.25, -0.2) is 4.98 Å². The van der Waals surface area contributed by atoms with Crippen LogP contribution in [0.25, 0.3) is 11.3 Å². The summed E-state index contributed by atoms with van der Waals surface area (Å²) in [6.45, 7) is 1.87. The molecule has 3 aromatic rings. The van der Waals surface area contributed by atoms with Crippen LogP contribution in [0.15, 0.2) is 40.9 Å². The van der Waals surface area contributed by atoms with Crippen LogP contribution in [0, 0.1) is 0 Å². The Morgan fingerprint density at radius 2 is 2.08 bits per heavy atom. The lowest BCUT2D eigenvalue weighted by atomic mass is 10.2. The molecular formula is C18H19N5OS2. The Bertz CT molecular complexity index is 917. The van der Waals surface area contributed by atoms with Crippen molar-refractivity contribution in [3.63, 3.8) is 0 Å². The predicted octanol–water partition coefficient (Wildman–Crippen LogP) is 3.94. The van der Waals surface area contributed by atoms with E-state index in [9.17, 15) is 4.79 Å². The standard InChI is InChI=1S/C18H19N5OS2/c1-11(26-18-22-21-15(23(18)2)13-8-9-13)16(24)20-17-19-14(10-25-17)12-6-4-3-5-7-12/h3-7,10-11,13H,8-9H2,1-2H3,(H,19,20,24)/t11-/m1/s1. The van der Waals surface area contributed by atoms with Crippen LogP contribution in [0.2, 0.25) is 0 Å². The fourth-order valence-electron chi connectivity index (χ4n) is 2.62. The van der Waals surface area contributed by atoms with Gasteiger partial charge in [-0.2, -0.15) is 0 Å². The first-order valence-electron chi connectivity index (χ1n) is 8.49. The van der Waals surface area contributed by atoms with Gasteiger partial charge < -0.3 is 9.88 Å². The van der Waals surface area contributed by atoms with Gasteiger partial charge in [0.2, 0.25) is 5.91 Å². The lowest BCUT2D eigenvalue weighted by molar-refractivity contribution is -0.115. The topological polar surface area (TPSA) is 72.7 Å². The van der Waals surface area contributed by atoms with E-state index < -0.39 is 0 Å². The number of rotatable bonds is 6. The van der Waals surface area contributed by atoms with Crippen molar-refractivity contribution >= 4 is 34.1 Å². The summed E-state index contributed by atoms with van der Waals surface area (Å²) in [5, 5.41) is 14.5. The zero-order chi connectivity index (χ0) is 18.1. The first-order valence-corrected chi connectivity index (χ1v) is 10.3. The number of anilines is 1. The molecule has 1 N–H and O–H groups in total. The van der Waals surface area contributed by atoms with Crippen LogP contribution in [-0.2, 0) is 11.8 Å². The average molecular weight is 386 g/mol. The van der Waals surface area contributed by atoms with Gasteiger partial charge in [-0.3, -0.25) is 4.79 Å². The lowest BCUT2D eigenvalue weighted by Crippen LogP contribution is -2.22. The average Bonchev–Trinajstić information content (AvgIpc) is 3.28. The second kappa shape index (κ2) is 7.20. The van der Waals surface area contributed by atoms with Crippen LogP contribution >= 0.6 is 23.1 Å². The van der Waals surface area contributed by atoms with E-state index >= 15 is 0 Å². The van der Waals surface area contributed by atoms with E-state index in [1.807, 2.05) is 54.3 Å². The SMILES string of the molecule is C[C@@H](Sc1nnc(C2CC2)n1C)C(=O)Nc1nc(-c2ccccc2)cs1. The van der Waals surface area contributed by atoms with E-state index in [1.54, 1.807) is 0 Å². The van der Waals surface area contributed by atoms with Gasteiger partial charge in [-0.05, 0) is 19.8 Å². The van der Waals surface area contributed by atoms with Crippen LogP contribution in [0.3, 0.4) is 0 Å². The van der Waals surface area contributed by atoms with E-state index in [4.69, 9.17) is 0 Å². The maximum Gasteiger partial charge on any atom is 0.239 e. The molecule has 1 aromatic carbocycles. The summed E-state index contributed by atoms with van der Waals surface area (Å²) in [5.74, 6) is 1.48. The summed E-state index contributed by atoms with van der Waals surface area (Å²) in [6, 6.07) is 9.93. The minimum absolute atomic E-state index is 0.0834. The van der Waals surface area contributed by atoms with E-state index in [0.29, 0.717) is 11.0 Å². The highest BCUT2D eigenvalue weighted by Crippen LogP contribution is 2.39. The summed E-state index contributed by atoms with van der Waals surface area (Å²) < 4.78 is 2.00. The fraction of sp³-hybridized carbons (Fsp3) is 0.333. The molecule has 134 valence electrons. The number of hydrogen-bond donors (Lipinski definition) is 1. The molecule has 1 aliphatic carbocycles. The van der Waals surface area contributed by atoms with Crippen molar-refractivity contribution in [2.75, 3.05) is 5.32 Å². The number of carbonyl (C=O) groups excluding carboxylic acids is 1. The number of aromatic nitrogens is 4. The van der Waals surface area contributed by atoms with Gasteiger partial charge in [-0.15, -0.1) is 21.5 Å². The second-order valence-electron chi connectivity index (χ2n) is 6.33. The molecule has 0 aliphatic heterocycles. The van der Waals surface area contributed by atoms with Crippen molar-refractivity contribution in [3.8, 4) is 11.3 Å². The monoisotopic (exact) mass is 385 g/mol. The maximum absolute atomic E-state index is 12.5. The predicted molar refractivity (Wildman–Crippen MR) is 104 cm³/mol. The van der Waals surface area contributed by atoms with Gasteiger partial charge in [0.05, 0.1) is 10.9 Å². The number of benzene rings is 1. The van der Waals surface area contributed by atoms with Gasteiger partial charge in [0, 0.05) is 23.9 Å². The number of hydrogen-bond acceptors (Lipinski definition) is 6. The normalized spacial score (nSPS) is 15.0. The molecule has 2 aromatic heterocycles. The number of carbonyl (C=O) groups is 1. The van der Waals surface area contributed by atoms with Crippen LogP contribution in [0.5, 0.6) is 0 Å². The third-order valence-electron chi connectivity index (χ3n) is 4.27. The first kappa shape index (κ1) is 17.2. The molecule has 0 saturated heterocycles. The quantitative estimate of drug-likeness (QED) is 0.651. The van der Waals surface area contributed by atoms with Crippen molar-refractivity contribution in [2.45, 2.75) is 36.1 Å². The maximum atomic E-state index is 12.5. The smallest absolute Gasteiger partial charge is 0.239 e. The third kappa shape index (κ3) is 3.66. The molecule has 1 atom stereocenters. The molecule has 0 bridgehead atoms. The molecule has 6 nitrogen and oxygen atoms in total. The van der Waals surface area contributed by atoms with Gasteiger partial charge in [-0.1, -0.05) is 42.1 Å². The number of amides is 1. The summed E-state index contributed by atoms with van der Waals surface area (Å²) >= 11 is 2.85. The zero-order valence-electron chi connectivity index (χ0n) is 14.5. The van der Waals surface area contributed by atoms with Crippen LogP contribution in [0.4, 0.5) is 5.13 Å². The van der Waals surface area contributed by atoms with Crippen LogP contribution in [0.1, 0.15) is 31.5 Å². The molecule has 4 rings (SSSR count). The summed E-state index contributed by atoms with van der Waals surface area (Å²) in [5.41, 5.74) is 1.91. The molecular weight excluding hydrogens is 366 g/mol. The molecule has 0 unspecified atom stereocenters. The highest BCUT2D eigenvalue weighted by Gasteiger charge is 2.30. The Morgan fingerprint density at radius 1 is 1.31 bits per heavy atom. The largest absolute Gasteiger partial charge is 0.309 e. The zero-order valence-corrected chi connectivity index (χ0v) is 16.2. The minimum Gasteiger partial charge on any atom is -0.309 e. The molecule has 8 heteroatoms. The van der Waals surface area contributed by atoms with Gasteiger partial charge in [0.1, 0.15) is 5.82 Å². The van der Waals surface area contributed by atoms with E-state index in [1.165, 1.54) is 35.9 Å². The molecule has 1 aliphatic rings. The lowest BCUT2D eigenvalue weighted by Gasteiger charge is -2.10. The highest BCUT2D eigenvalue weighted by molar-refractivity contribution is 8.00. The Morgan fingerprint density at radius 3 is 2.81 bits per heavy atom. The Hall–Kier alpha value is -2.19. The van der Waals surface area contributed by atoms with Crippen molar-refractivity contribution in [1.82, 2.24) is 19.7 Å². The van der Waals surface area contributed by atoms with Crippen molar-refractivity contribution < 1.29 is 4.79 Å². The van der Waals surface area contributed by atoms with Crippen LogP contribution < -0.4 is 5.32 Å². The molecule has 2 heterocycles. The van der Waals surface area contributed by atoms with Crippen molar-refractivity contribution in [2.24, 2.45) is 7.05 Å². The molecule has 0 radical (unpaired) electrons. The van der Waals surface area contributed by atoms with Gasteiger partial charge >= 0.3 is 0 Å². The fourth-order valence-corrected chi connectivity index (χ4v) is 4.16. The number of thioether (sulfide) groups is 1. The van der Waals surface area contributed by atoms with Crippen molar-refractivity contribution in [1.29, 1.82) is 0 Å². The number of nitrogens with one attached hydrogen (secondary N) is 1. The number of thiazole rings is 1. The molecule has 26 heavy (non-hydrogen) atoms. The Kier molecular flexibility index (Phi) is 4.78. The second-order valence-corrected chi connectivity index (χ2v) is 8.49. The molecule has 1 amide bonds. The van der Waals surface area contributed by atoms with Gasteiger partial charge in [0.15, 0.2) is 10.3 Å². The van der Waals surface area contributed by atoms with E-state index in [-0.39, 0.29) is 11.2 Å². The first-order chi connectivity index (χ1) is 12.6. The van der Waals surface area contributed by atoms with E-state index in [0.717, 1.165) is 22.2 Å².